The van der Waals surface area contributed by atoms with Crippen molar-refractivity contribution in [3.05, 3.63) is 12.7 Å². The highest BCUT2D eigenvalue weighted by Gasteiger charge is 1.96. The fourth-order valence-corrected chi connectivity index (χ4v) is 0.558. The zero-order chi connectivity index (χ0) is 8.53. The summed E-state index contributed by atoms with van der Waals surface area (Å²) < 4.78 is 4.76. The van der Waals surface area contributed by atoms with E-state index in [1.807, 2.05) is 6.92 Å². The highest BCUT2D eigenvalue weighted by molar-refractivity contribution is 4.94. The molecule has 1 unspecified atom stereocenters. The first kappa shape index (κ1) is 10.1. The van der Waals surface area contributed by atoms with Gasteiger partial charge >= 0.3 is 0 Å². The number of hydrogen-bond donors (Lipinski definition) is 1. The topological polar surface area (TPSA) is 29.5 Å². The van der Waals surface area contributed by atoms with Crippen LogP contribution in [-0.4, -0.2) is 17.8 Å². The summed E-state index contributed by atoms with van der Waals surface area (Å²) >= 11 is 0. The van der Waals surface area contributed by atoms with Gasteiger partial charge in [-0.2, -0.15) is 0 Å². The van der Waals surface area contributed by atoms with Gasteiger partial charge in [0, 0.05) is 6.42 Å². The third-order valence-corrected chi connectivity index (χ3v) is 1.07. The monoisotopic (exact) mass is 154 g/mol. The van der Waals surface area contributed by atoms with Crippen LogP contribution in [0, 0.1) is 12.0 Å². The number of hydrogen-bond acceptors (Lipinski definition) is 2. The molecule has 0 aliphatic carbocycles. The molecule has 2 nitrogen and oxygen atoms in total. The van der Waals surface area contributed by atoms with Crippen molar-refractivity contribution >= 4 is 0 Å². The summed E-state index contributed by atoms with van der Waals surface area (Å²) in [6, 6.07) is 0. The Morgan fingerprint density at radius 2 is 2.45 bits per heavy atom. The lowest BCUT2D eigenvalue weighted by Gasteiger charge is -1.99. The second-order valence-corrected chi connectivity index (χ2v) is 2.09. The summed E-state index contributed by atoms with van der Waals surface area (Å²) in [5.41, 5.74) is 0. The Bertz CT molecular complexity index is 153. The molecule has 2 heteroatoms. The number of aliphatic hydroxyl groups is 1. The molecule has 0 spiro atoms. The molecule has 0 aromatic rings. The van der Waals surface area contributed by atoms with Crippen molar-refractivity contribution in [2.75, 3.05) is 6.61 Å². The Kier molecular flexibility index (Phi) is 6.56. The molecule has 0 heterocycles. The summed E-state index contributed by atoms with van der Waals surface area (Å²) in [7, 11) is 0. The summed E-state index contributed by atoms with van der Waals surface area (Å²) in [5, 5.41) is 9.12. The van der Waals surface area contributed by atoms with Crippen molar-refractivity contribution in [2.24, 2.45) is 0 Å². The van der Waals surface area contributed by atoms with Gasteiger partial charge in [-0.05, 0) is 13.3 Å². The van der Waals surface area contributed by atoms with Gasteiger partial charge in [0.15, 0.2) is 0 Å². The van der Waals surface area contributed by atoms with Gasteiger partial charge in [-0.25, -0.2) is 0 Å². The molecule has 0 radical (unpaired) electrons. The summed E-state index contributed by atoms with van der Waals surface area (Å²) in [6.45, 7) is 5.96. The largest absolute Gasteiger partial charge is 0.447 e. The third kappa shape index (κ3) is 6.95. The Hall–Kier alpha value is -0.940. The molecule has 1 N–H and O–H groups in total. The molecule has 0 bridgehead atoms. The number of ether oxygens (including phenoxy) is 1. The maximum atomic E-state index is 9.12. The second kappa shape index (κ2) is 7.17. The van der Waals surface area contributed by atoms with Crippen LogP contribution in [0.3, 0.4) is 0 Å². The van der Waals surface area contributed by atoms with Crippen LogP contribution in [0.15, 0.2) is 12.7 Å². The fourth-order valence-electron chi connectivity index (χ4n) is 0.558. The molecule has 0 rings (SSSR count). The molecule has 62 valence electrons. The first-order valence-electron chi connectivity index (χ1n) is 3.69. The van der Waals surface area contributed by atoms with Crippen LogP contribution in [0.4, 0.5) is 0 Å². The molecule has 0 fully saturated rings. The van der Waals surface area contributed by atoms with Crippen LogP contribution in [-0.2, 0) is 4.74 Å². The van der Waals surface area contributed by atoms with Gasteiger partial charge in [0.05, 0.1) is 12.7 Å². The Morgan fingerprint density at radius 3 is 3.00 bits per heavy atom. The zero-order valence-corrected chi connectivity index (χ0v) is 6.84. The molecular weight excluding hydrogens is 140 g/mol. The minimum absolute atomic E-state index is 0.402. The molecule has 0 aliphatic rings. The van der Waals surface area contributed by atoms with Gasteiger partial charge in [0.25, 0.3) is 0 Å². The van der Waals surface area contributed by atoms with E-state index in [0.29, 0.717) is 19.4 Å². The van der Waals surface area contributed by atoms with Crippen molar-refractivity contribution in [2.45, 2.75) is 25.9 Å². The average Bonchev–Trinajstić information content (AvgIpc) is 1.99. The maximum absolute atomic E-state index is 9.12. The summed E-state index contributed by atoms with van der Waals surface area (Å²) in [6.07, 6.45) is 4.79. The Labute approximate surface area is 67.9 Å². The van der Waals surface area contributed by atoms with Gasteiger partial charge in [-0.3, -0.25) is 0 Å². The van der Waals surface area contributed by atoms with E-state index in [4.69, 9.17) is 9.84 Å². The molecule has 1 atom stereocenters. The molecule has 0 aromatic carbocycles. The van der Waals surface area contributed by atoms with E-state index in [1.165, 1.54) is 0 Å². The van der Waals surface area contributed by atoms with Crippen LogP contribution in [0.2, 0.25) is 0 Å². The van der Waals surface area contributed by atoms with Crippen LogP contribution < -0.4 is 0 Å². The molecule has 0 saturated heterocycles. The van der Waals surface area contributed by atoms with Crippen molar-refractivity contribution in [1.82, 2.24) is 0 Å². The molecule has 11 heavy (non-hydrogen) atoms. The second-order valence-electron chi connectivity index (χ2n) is 2.09. The van der Waals surface area contributed by atoms with Gasteiger partial charge in [-0.15, -0.1) is 6.58 Å². The predicted molar refractivity (Wildman–Crippen MR) is 44.8 cm³/mol. The Balaban J connectivity index is 3.37. The van der Waals surface area contributed by atoms with Crippen molar-refractivity contribution in [3.8, 4) is 12.0 Å². The van der Waals surface area contributed by atoms with E-state index < -0.39 is 6.10 Å². The molecule has 0 saturated carbocycles. The van der Waals surface area contributed by atoms with Crippen LogP contribution >= 0.6 is 0 Å². The first-order chi connectivity index (χ1) is 5.31. The minimum atomic E-state index is -0.402. The van der Waals surface area contributed by atoms with Crippen LogP contribution in [0.1, 0.15) is 19.8 Å². The van der Waals surface area contributed by atoms with Crippen molar-refractivity contribution in [3.63, 3.8) is 0 Å². The quantitative estimate of drug-likeness (QED) is 0.488. The van der Waals surface area contributed by atoms with Crippen molar-refractivity contribution < 1.29 is 9.84 Å². The van der Waals surface area contributed by atoms with Gasteiger partial charge in [0.1, 0.15) is 6.11 Å². The number of aliphatic hydroxyl groups excluding tert-OH is 1. The maximum Gasteiger partial charge on any atom is 0.110 e. The van der Waals surface area contributed by atoms with Gasteiger partial charge < -0.3 is 9.84 Å². The fraction of sp³-hybridized carbons (Fsp3) is 0.556. The van der Waals surface area contributed by atoms with Gasteiger partial charge in [-0.1, -0.05) is 12.0 Å². The van der Waals surface area contributed by atoms with Crippen LogP contribution in [0.5, 0.6) is 0 Å². The third-order valence-electron chi connectivity index (χ3n) is 1.07. The number of rotatable bonds is 4. The summed E-state index contributed by atoms with van der Waals surface area (Å²) in [5.74, 6) is 2.70. The molecule has 0 aromatic heterocycles. The SMILES string of the molecule is C=CCC(O)CC#COCC. The Morgan fingerprint density at radius 1 is 1.73 bits per heavy atom. The van der Waals surface area contributed by atoms with Gasteiger partial charge in [0.2, 0.25) is 0 Å². The standard InChI is InChI=1S/C9H14O2/c1-3-6-9(10)7-5-8-11-4-2/h3,9-10H,1,4,6-7H2,2H3. The zero-order valence-electron chi connectivity index (χ0n) is 6.84. The lowest BCUT2D eigenvalue weighted by atomic mass is 10.2. The normalized spacial score (nSPS) is 11.1. The highest BCUT2D eigenvalue weighted by Crippen LogP contribution is 1.95. The average molecular weight is 154 g/mol. The lowest BCUT2D eigenvalue weighted by molar-refractivity contribution is 0.183. The van der Waals surface area contributed by atoms with E-state index in [0.717, 1.165) is 0 Å². The van der Waals surface area contributed by atoms with E-state index >= 15 is 0 Å². The summed E-state index contributed by atoms with van der Waals surface area (Å²) in [4.78, 5) is 0. The van der Waals surface area contributed by atoms with Crippen LogP contribution in [0.25, 0.3) is 0 Å². The van der Waals surface area contributed by atoms with E-state index in [9.17, 15) is 0 Å². The molecule has 0 amide bonds. The van der Waals surface area contributed by atoms with E-state index in [1.54, 1.807) is 6.08 Å². The highest BCUT2D eigenvalue weighted by atomic mass is 16.5. The lowest BCUT2D eigenvalue weighted by Crippen LogP contribution is -2.02. The van der Waals surface area contributed by atoms with Crippen molar-refractivity contribution in [1.29, 1.82) is 0 Å². The predicted octanol–water partition coefficient (Wildman–Crippen LogP) is 1.31. The van der Waals surface area contributed by atoms with E-state index in [-0.39, 0.29) is 0 Å². The smallest absolute Gasteiger partial charge is 0.110 e. The molecule has 0 aliphatic heterocycles. The first-order valence-corrected chi connectivity index (χ1v) is 3.69. The molecular formula is C9H14O2. The minimum Gasteiger partial charge on any atom is -0.447 e. The van der Waals surface area contributed by atoms with E-state index in [2.05, 4.69) is 18.6 Å².